The molecule has 6 heteroatoms. The molecule has 0 unspecified atom stereocenters. The predicted molar refractivity (Wildman–Crippen MR) is 90.6 cm³/mol. The van der Waals surface area contributed by atoms with Crippen molar-refractivity contribution in [3.8, 4) is 22.4 Å². The van der Waals surface area contributed by atoms with Crippen molar-refractivity contribution in [1.29, 1.82) is 0 Å². The number of nitrogens with one attached hydrogen (secondary N) is 1. The van der Waals surface area contributed by atoms with Gasteiger partial charge in [0.2, 0.25) is 0 Å². The number of aromatic nitrogens is 1. The maximum absolute atomic E-state index is 13.4. The summed E-state index contributed by atoms with van der Waals surface area (Å²) in [7, 11) is 0. The molecule has 24 heavy (non-hydrogen) atoms. The van der Waals surface area contributed by atoms with E-state index >= 15 is 0 Å². The summed E-state index contributed by atoms with van der Waals surface area (Å²) in [6.45, 7) is 0. The van der Waals surface area contributed by atoms with Gasteiger partial charge in [0.15, 0.2) is 0 Å². The van der Waals surface area contributed by atoms with Crippen LogP contribution in [0.25, 0.3) is 22.4 Å². The second-order valence-electron chi connectivity index (χ2n) is 5.17. The summed E-state index contributed by atoms with van der Waals surface area (Å²) >= 11 is 3.25. The Hall–Kier alpha value is -2.34. The van der Waals surface area contributed by atoms with E-state index in [1.165, 1.54) is 6.07 Å². The van der Waals surface area contributed by atoms with Gasteiger partial charge < -0.3 is 4.98 Å². The predicted octanol–water partition coefficient (Wildman–Crippen LogP) is 5.49. The summed E-state index contributed by atoms with van der Waals surface area (Å²) in [5.41, 5.74) is -1.18. The Kier molecular flexibility index (Phi) is 4.32. The molecule has 0 fully saturated rings. The van der Waals surface area contributed by atoms with Gasteiger partial charge in [0, 0.05) is 15.7 Å². The van der Waals surface area contributed by atoms with E-state index in [0.29, 0.717) is 16.8 Å². The standard InChI is InChI=1S/C18H11BrF3NO/c19-13-8-6-11(7-9-13)14-10-15(12-4-2-1-3-5-12)23-17(24)16(14)18(20,21)22/h1-10H,(H,23,24). The van der Waals surface area contributed by atoms with E-state index in [9.17, 15) is 18.0 Å². The van der Waals surface area contributed by atoms with Gasteiger partial charge in [-0.25, -0.2) is 0 Å². The van der Waals surface area contributed by atoms with Crippen LogP contribution in [-0.4, -0.2) is 4.98 Å². The van der Waals surface area contributed by atoms with Crippen LogP contribution in [0.1, 0.15) is 5.56 Å². The summed E-state index contributed by atoms with van der Waals surface area (Å²) in [6.07, 6.45) is -4.74. The molecule has 0 saturated heterocycles. The molecule has 1 N–H and O–H groups in total. The van der Waals surface area contributed by atoms with Crippen molar-refractivity contribution in [2.75, 3.05) is 0 Å². The highest BCUT2D eigenvalue weighted by atomic mass is 79.9. The van der Waals surface area contributed by atoms with Crippen LogP contribution in [0.4, 0.5) is 13.2 Å². The Bertz CT molecular complexity index is 916. The van der Waals surface area contributed by atoms with Crippen molar-refractivity contribution >= 4 is 15.9 Å². The molecule has 0 amide bonds. The number of pyridine rings is 1. The Morgan fingerprint density at radius 2 is 1.50 bits per heavy atom. The molecule has 0 saturated carbocycles. The number of rotatable bonds is 2. The highest BCUT2D eigenvalue weighted by Gasteiger charge is 2.37. The first-order valence-electron chi connectivity index (χ1n) is 7.02. The molecule has 3 aromatic rings. The number of halogens is 4. The normalized spacial score (nSPS) is 11.5. The van der Waals surface area contributed by atoms with Crippen LogP contribution in [-0.2, 0) is 6.18 Å². The van der Waals surface area contributed by atoms with Gasteiger partial charge in [-0.3, -0.25) is 4.79 Å². The van der Waals surface area contributed by atoms with Crippen LogP contribution in [0.15, 0.2) is 69.9 Å². The van der Waals surface area contributed by atoms with E-state index in [4.69, 9.17) is 0 Å². The lowest BCUT2D eigenvalue weighted by Crippen LogP contribution is -2.23. The van der Waals surface area contributed by atoms with Crippen LogP contribution in [0, 0.1) is 0 Å². The van der Waals surface area contributed by atoms with E-state index in [2.05, 4.69) is 20.9 Å². The molecule has 0 aliphatic carbocycles. The molecule has 0 spiro atoms. The Morgan fingerprint density at radius 1 is 0.875 bits per heavy atom. The van der Waals surface area contributed by atoms with Crippen LogP contribution in [0.5, 0.6) is 0 Å². The number of hydrogen-bond donors (Lipinski definition) is 1. The van der Waals surface area contributed by atoms with Gasteiger partial charge in [0.25, 0.3) is 5.56 Å². The maximum atomic E-state index is 13.4. The van der Waals surface area contributed by atoms with Gasteiger partial charge in [-0.1, -0.05) is 58.4 Å². The third-order valence-corrected chi connectivity index (χ3v) is 4.09. The lowest BCUT2D eigenvalue weighted by atomic mass is 9.98. The van der Waals surface area contributed by atoms with Crippen LogP contribution < -0.4 is 5.56 Å². The van der Waals surface area contributed by atoms with Crippen molar-refractivity contribution < 1.29 is 13.2 Å². The summed E-state index contributed by atoms with van der Waals surface area (Å²) in [5, 5.41) is 0. The molecule has 0 aliphatic rings. The molecular weight excluding hydrogens is 383 g/mol. The fraction of sp³-hybridized carbons (Fsp3) is 0.0556. The second-order valence-corrected chi connectivity index (χ2v) is 6.09. The summed E-state index contributed by atoms with van der Waals surface area (Å²) in [5.74, 6) is 0. The Labute approximate surface area is 144 Å². The zero-order valence-corrected chi connectivity index (χ0v) is 13.8. The smallest absolute Gasteiger partial charge is 0.321 e. The monoisotopic (exact) mass is 393 g/mol. The van der Waals surface area contributed by atoms with Gasteiger partial charge in [0.1, 0.15) is 5.56 Å². The molecule has 0 radical (unpaired) electrons. The maximum Gasteiger partial charge on any atom is 0.422 e. The minimum absolute atomic E-state index is 0.141. The van der Waals surface area contributed by atoms with E-state index in [-0.39, 0.29) is 5.56 Å². The van der Waals surface area contributed by atoms with Crippen LogP contribution >= 0.6 is 15.9 Å². The summed E-state index contributed by atoms with van der Waals surface area (Å²) < 4.78 is 40.9. The molecule has 3 rings (SSSR count). The van der Waals surface area contributed by atoms with Gasteiger partial charge >= 0.3 is 6.18 Å². The highest BCUT2D eigenvalue weighted by molar-refractivity contribution is 9.10. The number of H-pyrrole nitrogens is 1. The summed E-state index contributed by atoms with van der Waals surface area (Å²) in [6, 6.07) is 16.5. The SMILES string of the molecule is O=c1[nH]c(-c2ccccc2)cc(-c2ccc(Br)cc2)c1C(F)(F)F. The first-order chi connectivity index (χ1) is 11.4. The minimum Gasteiger partial charge on any atom is -0.321 e. The number of hydrogen-bond acceptors (Lipinski definition) is 1. The van der Waals surface area contributed by atoms with Gasteiger partial charge in [0.05, 0.1) is 0 Å². The molecule has 122 valence electrons. The molecule has 1 aromatic heterocycles. The topological polar surface area (TPSA) is 32.9 Å². The quantitative estimate of drug-likeness (QED) is 0.613. The molecule has 2 aromatic carbocycles. The minimum atomic E-state index is -4.74. The third kappa shape index (κ3) is 3.28. The van der Waals surface area contributed by atoms with Gasteiger partial charge in [-0.15, -0.1) is 0 Å². The first-order valence-corrected chi connectivity index (χ1v) is 7.81. The molecular formula is C18H11BrF3NO. The molecule has 1 heterocycles. The summed E-state index contributed by atoms with van der Waals surface area (Å²) in [4.78, 5) is 14.5. The largest absolute Gasteiger partial charge is 0.422 e. The van der Waals surface area contributed by atoms with Crippen molar-refractivity contribution in [2.45, 2.75) is 6.18 Å². The Balaban J connectivity index is 2.29. The van der Waals surface area contributed by atoms with Gasteiger partial charge in [-0.05, 0) is 29.3 Å². The van der Waals surface area contributed by atoms with Gasteiger partial charge in [-0.2, -0.15) is 13.2 Å². The average Bonchev–Trinajstić information content (AvgIpc) is 2.54. The number of aromatic amines is 1. The fourth-order valence-corrected chi connectivity index (χ4v) is 2.74. The third-order valence-electron chi connectivity index (χ3n) is 3.56. The lowest BCUT2D eigenvalue weighted by molar-refractivity contribution is -0.138. The average molecular weight is 394 g/mol. The van der Waals surface area contributed by atoms with E-state index in [1.807, 2.05) is 0 Å². The molecule has 0 aliphatic heterocycles. The second kappa shape index (κ2) is 6.28. The highest BCUT2D eigenvalue weighted by Crippen LogP contribution is 2.36. The molecule has 2 nitrogen and oxygen atoms in total. The fourth-order valence-electron chi connectivity index (χ4n) is 2.47. The van der Waals surface area contributed by atoms with Crippen molar-refractivity contribution in [2.24, 2.45) is 0 Å². The first kappa shape index (κ1) is 16.5. The Morgan fingerprint density at radius 3 is 2.08 bits per heavy atom. The number of benzene rings is 2. The van der Waals surface area contributed by atoms with Crippen LogP contribution in [0.3, 0.4) is 0 Å². The van der Waals surface area contributed by atoms with Crippen molar-refractivity contribution in [1.82, 2.24) is 4.98 Å². The molecule has 0 bridgehead atoms. The zero-order valence-electron chi connectivity index (χ0n) is 12.2. The van der Waals surface area contributed by atoms with E-state index in [0.717, 1.165) is 4.47 Å². The zero-order chi connectivity index (χ0) is 17.3. The van der Waals surface area contributed by atoms with Crippen molar-refractivity contribution in [3.05, 3.63) is 81.1 Å². The van der Waals surface area contributed by atoms with E-state index in [1.54, 1.807) is 54.6 Å². The van der Waals surface area contributed by atoms with Crippen molar-refractivity contribution in [3.63, 3.8) is 0 Å². The number of alkyl halides is 3. The van der Waals surface area contributed by atoms with E-state index < -0.39 is 17.3 Å². The van der Waals surface area contributed by atoms with Crippen LogP contribution in [0.2, 0.25) is 0 Å². The lowest BCUT2D eigenvalue weighted by Gasteiger charge is -2.14. The molecule has 0 atom stereocenters.